The van der Waals surface area contributed by atoms with Crippen LogP contribution in [0.3, 0.4) is 0 Å². The van der Waals surface area contributed by atoms with Crippen molar-refractivity contribution in [2.24, 2.45) is 0 Å². The molecule has 0 aliphatic rings. The molecule has 0 saturated heterocycles. The molecule has 0 atom stereocenters. The highest BCUT2D eigenvalue weighted by atomic mass is 79.9. The first-order valence-corrected chi connectivity index (χ1v) is 7.96. The van der Waals surface area contributed by atoms with Gasteiger partial charge in [-0.2, -0.15) is 0 Å². The van der Waals surface area contributed by atoms with Gasteiger partial charge >= 0.3 is 0 Å². The van der Waals surface area contributed by atoms with Crippen LogP contribution in [0.25, 0.3) is 0 Å². The first kappa shape index (κ1) is 14.9. The van der Waals surface area contributed by atoms with Gasteiger partial charge in [-0.05, 0) is 48.9 Å². The molecule has 0 radical (unpaired) electrons. The fourth-order valence-corrected chi connectivity index (χ4v) is 3.15. The van der Waals surface area contributed by atoms with E-state index in [-0.39, 0.29) is 0 Å². The average molecular weight is 320 g/mol. The Hall–Kier alpha value is -0.130. The van der Waals surface area contributed by atoms with Crippen molar-refractivity contribution in [1.82, 2.24) is 9.88 Å². The molecule has 0 spiro atoms. The zero-order valence-electron chi connectivity index (χ0n) is 10.9. The zero-order chi connectivity index (χ0) is 12.7. The second-order valence-electron chi connectivity index (χ2n) is 3.91. The SMILES string of the molecule is CCN(CC)CCCN(CC)c1nc(Br)cs1. The number of thiazole rings is 1. The Balaban J connectivity index is 2.38. The summed E-state index contributed by atoms with van der Waals surface area (Å²) in [6.45, 7) is 12.2. The van der Waals surface area contributed by atoms with Gasteiger partial charge in [-0.15, -0.1) is 11.3 Å². The normalized spacial score (nSPS) is 11.1. The summed E-state index contributed by atoms with van der Waals surface area (Å²) in [6.07, 6.45) is 1.20. The molecule has 1 aromatic rings. The van der Waals surface area contributed by atoms with Gasteiger partial charge < -0.3 is 9.80 Å². The number of halogens is 1. The summed E-state index contributed by atoms with van der Waals surface area (Å²) in [5.74, 6) is 0. The topological polar surface area (TPSA) is 19.4 Å². The summed E-state index contributed by atoms with van der Waals surface area (Å²) in [4.78, 5) is 9.28. The Kier molecular flexibility index (Phi) is 7.08. The zero-order valence-corrected chi connectivity index (χ0v) is 13.4. The van der Waals surface area contributed by atoms with Crippen LogP contribution in [0, 0.1) is 0 Å². The van der Waals surface area contributed by atoms with E-state index in [1.807, 2.05) is 5.38 Å². The Morgan fingerprint density at radius 2 is 1.88 bits per heavy atom. The van der Waals surface area contributed by atoms with E-state index in [2.05, 4.69) is 51.5 Å². The van der Waals surface area contributed by atoms with Gasteiger partial charge in [0.1, 0.15) is 4.60 Å². The molecule has 0 saturated carbocycles. The molecule has 3 nitrogen and oxygen atoms in total. The lowest BCUT2D eigenvalue weighted by Gasteiger charge is -2.22. The van der Waals surface area contributed by atoms with Crippen LogP contribution in [-0.2, 0) is 0 Å². The predicted molar refractivity (Wildman–Crippen MR) is 80.1 cm³/mol. The molecular formula is C12H22BrN3S. The molecule has 0 amide bonds. The van der Waals surface area contributed by atoms with Crippen LogP contribution in [0.5, 0.6) is 0 Å². The van der Waals surface area contributed by atoms with Crippen LogP contribution < -0.4 is 4.90 Å². The van der Waals surface area contributed by atoms with Crippen molar-refractivity contribution in [2.45, 2.75) is 27.2 Å². The van der Waals surface area contributed by atoms with Crippen LogP contribution in [0.2, 0.25) is 0 Å². The largest absolute Gasteiger partial charge is 0.348 e. The summed E-state index contributed by atoms with van der Waals surface area (Å²) in [5.41, 5.74) is 0. The average Bonchev–Trinajstić information content (AvgIpc) is 2.76. The van der Waals surface area contributed by atoms with Crippen LogP contribution in [0.4, 0.5) is 5.13 Å². The van der Waals surface area contributed by atoms with Gasteiger partial charge in [0.25, 0.3) is 0 Å². The molecule has 0 fully saturated rings. The number of hydrogen-bond donors (Lipinski definition) is 0. The summed E-state index contributed by atoms with van der Waals surface area (Å²) in [7, 11) is 0. The maximum Gasteiger partial charge on any atom is 0.186 e. The molecule has 1 aromatic heterocycles. The van der Waals surface area contributed by atoms with Crippen LogP contribution in [0.1, 0.15) is 27.2 Å². The van der Waals surface area contributed by atoms with Gasteiger partial charge in [0.15, 0.2) is 5.13 Å². The highest BCUT2D eigenvalue weighted by molar-refractivity contribution is 9.10. The van der Waals surface area contributed by atoms with Crippen molar-refractivity contribution in [2.75, 3.05) is 37.6 Å². The second kappa shape index (κ2) is 8.06. The Bertz CT molecular complexity index is 312. The molecule has 1 heterocycles. The van der Waals surface area contributed by atoms with Gasteiger partial charge in [-0.1, -0.05) is 13.8 Å². The molecule has 98 valence electrons. The molecule has 1 rings (SSSR count). The van der Waals surface area contributed by atoms with E-state index in [4.69, 9.17) is 0 Å². The molecule has 0 aliphatic heterocycles. The third-order valence-corrected chi connectivity index (χ3v) is 4.52. The third kappa shape index (κ3) is 4.94. The van der Waals surface area contributed by atoms with Crippen LogP contribution in [0.15, 0.2) is 9.98 Å². The van der Waals surface area contributed by atoms with Gasteiger partial charge in [-0.25, -0.2) is 4.98 Å². The summed E-state index contributed by atoms with van der Waals surface area (Å²) in [6, 6.07) is 0. The molecule has 17 heavy (non-hydrogen) atoms. The van der Waals surface area contributed by atoms with E-state index >= 15 is 0 Å². The Labute approximate surface area is 117 Å². The summed E-state index contributed by atoms with van der Waals surface area (Å²) in [5, 5.41) is 3.17. The molecule has 0 aromatic carbocycles. The van der Waals surface area contributed by atoms with Crippen molar-refractivity contribution >= 4 is 32.4 Å². The van der Waals surface area contributed by atoms with E-state index in [1.54, 1.807) is 11.3 Å². The molecule has 0 unspecified atom stereocenters. The smallest absolute Gasteiger partial charge is 0.186 e. The number of nitrogens with zero attached hydrogens (tertiary/aromatic N) is 3. The number of aromatic nitrogens is 1. The number of anilines is 1. The number of hydrogen-bond acceptors (Lipinski definition) is 4. The quantitative estimate of drug-likeness (QED) is 0.731. The van der Waals surface area contributed by atoms with E-state index in [1.165, 1.54) is 13.0 Å². The predicted octanol–water partition coefficient (Wildman–Crippen LogP) is 3.46. The lowest BCUT2D eigenvalue weighted by atomic mass is 10.3. The van der Waals surface area contributed by atoms with Crippen molar-refractivity contribution < 1.29 is 0 Å². The van der Waals surface area contributed by atoms with E-state index in [0.29, 0.717) is 0 Å². The first-order chi connectivity index (χ1) is 8.21. The van der Waals surface area contributed by atoms with Crippen molar-refractivity contribution in [3.8, 4) is 0 Å². The molecule has 0 aliphatic carbocycles. The maximum atomic E-state index is 4.47. The Morgan fingerprint density at radius 3 is 2.35 bits per heavy atom. The van der Waals surface area contributed by atoms with Gasteiger partial charge in [0.05, 0.1) is 0 Å². The van der Waals surface area contributed by atoms with Gasteiger partial charge in [0, 0.05) is 18.5 Å². The van der Waals surface area contributed by atoms with E-state index in [0.717, 1.165) is 35.9 Å². The second-order valence-corrected chi connectivity index (χ2v) is 5.56. The van der Waals surface area contributed by atoms with Crippen molar-refractivity contribution in [1.29, 1.82) is 0 Å². The summed E-state index contributed by atoms with van der Waals surface area (Å²) >= 11 is 5.11. The van der Waals surface area contributed by atoms with E-state index < -0.39 is 0 Å². The number of rotatable bonds is 8. The first-order valence-electron chi connectivity index (χ1n) is 6.29. The molecule has 5 heteroatoms. The monoisotopic (exact) mass is 319 g/mol. The minimum Gasteiger partial charge on any atom is -0.348 e. The van der Waals surface area contributed by atoms with E-state index in [9.17, 15) is 0 Å². The summed E-state index contributed by atoms with van der Waals surface area (Å²) < 4.78 is 0.944. The molecule has 0 N–H and O–H groups in total. The fraction of sp³-hybridized carbons (Fsp3) is 0.750. The van der Waals surface area contributed by atoms with Crippen LogP contribution in [-0.4, -0.2) is 42.6 Å². The lowest BCUT2D eigenvalue weighted by molar-refractivity contribution is 0.301. The van der Waals surface area contributed by atoms with Crippen molar-refractivity contribution in [3.05, 3.63) is 9.98 Å². The van der Waals surface area contributed by atoms with Gasteiger partial charge in [0.2, 0.25) is 0 Å². The maximum absolute atomic E-state index is 4.47. The van der Waals surface area contributed by atoms with Crippen molar-refractivity contribution in [3.63, 3.8) is 0 Å². The van der Waals surface area contributed by atoms with Crippen LogP contribution >= 0.6 is 27.3 Å². The highest BCUT2D eigenvalue weighted by Crippen LogP contribution is 2.23. The standard InChI is InChI=1S/C12H22BrN3S/c1-4-15(5-2)8-7-9-16(6-3)12-14-11(13)10-17-12/h10H,4-9H2,1-3H3. The molecule has 0 bridgehead atoms. The minimum absolute atomic E-state index is 0.944. The lowest BCUT2D eigenvalue weighted by Crippen LogP contribution is -2.29. The van der Waals surface area contributed by atoms with Gasteiger partial charge in [-0.3, -0.25) is 0 Å². The third-order valence-electron chi connectivity index (χ3n) is 2.91. The fourth-order valence-electron chi connectivity index (χ4n) is 1.80. The Morgan fingerprint density at radius 1 is 1.18 bits per heavy atom. The minimum atomic E-state index is 0.944. The highest BCUT2D eigenvalue weighted by Gasteiger charge is 2.08. The molecular weight excluding hydrogens is 298 g/mol.